The molecule has 0 spiro atoms. The lowest BCUT2D eigenvalue weighted by atomic mass is 9.82. The van der Waals surface area contributed by atoms with Crippen LogP contribution in [-0.4, -0.2) is 9.97 Å². The van der Waals surface area contributed by atoms with Crippen molar-refractivity contribution < 1.29 is 0 Å². The van der Waals surface area contributed by atoms with Gasteiger partial charge in [0, 0.05) is 34.3 Å². The van der Waals surface area contributed by atoms with E-state index in [1.54, 1.807) is 0 Å². The molecule has 11 aromatic carbocycles. The molecular formula is C68H40N2. The van der Waals surface area contributed by atoms with E-state index in [1.807, 2.05) is 0 Å². The van der Waals surface area contributed by atoms with Crippen molar-refractivity contribution in [2.75, 3.05) is 0 Å². The van der Waals surface area contributed by atoms with Crippen molar-refractivity contribution in [3.8, 4) is 111 Å². The van der Waals surface area contributed by atoms with Crippen LogP contribution in [-0.2, 0) is 0 Å². The van der Waals surface area contributed by atoms with E-state index in [0.29, 0.717) is 0 Å². The first-order valence-electron chi connectivity index (χ1n) is 24.1. The number of rotatable bonds is 6. The molecule has 0 saturated heterocycles. The average Bonchev–Trinajstić information content (AvgIpc) is 3.96. The van der Waals surface area contributed by atoms with Gasteiger partial charge in [0.05, 0.1) is 11.0 Å². The number of nitrogens with zero attached hydrogens (tertiary/aromatic N) is 2. The maximum Gasteiger partial charge on any atom is 0.0965 e. The number of hydrogen-bond donors (Lipinski definition) is 0. The predicted molar refractivity (Wildman–Crippen MR) is 294 cm³/mol. The normalized spacial score (nSPS) is 12.0. The van der Waals surface area contributed by atoms with Crippen molar-refractivity contribution in [2.45, 2.75) is 0 Å². The molecule has 2 aliphatic carbocycles. The van der Waals surface area contributed by atoms with Crippen molar-refractivity contribution in [1.29, 1.82) is 0 Å². The van der Waals surface area contributed by atoms with Crippen molar-refractivity contribution in [3.63, 3.8) is 0 Å². The fourth-order valence-corrected chi connectivity index (χ4v) is 12.0. The molecule has 0 atom stereocenters. The number of aromatic nitrogens is 2. The standard InChI is InChI=1S/C68H40N2/c1-5-17-41(18-6-1)55-37-57(61(45-21-9-3-10-22-45)65-53-31-15-27-43-25-13-29-51(59(43)53)63(55)65)49-35-47-33-34-48-36-50(40-70-68(48)67(47)69-39-49)58-38-56(42-19-7-2-8-20-42)64-52-30-14-26-44-28-16-32-54(60(44)52)66(64)62(58)46-23-11-4-12-24-46/h1-40H. The quantitative estimate of drug-likeness (QED) is 0.156. The Bertz CT molecular complexity index is 4020. The Morgan fingerprint density at radius 1 is 0.200 bits per heavy atom. The second-order valence-electron chi connectivity index (χ2n) is 18.7. The fourth-order valence-electron chi connectivity index (χ4n) is 12.0. The molecule has 2 heterocycles. The van der Waals surface area contributed by atoms with Gasteiger partial charge >= 0.3 is 0 Å². The summed E-state index contributed by atoms with van der Waals surface area (Å²) in [4.78, 5) is 10.7. The van der Waals surface area contributed by atoms with Crippen LogP contribution in [0, 0.1) is 0 Å². The molecule has 322 valence electrons. The highest BCUT2D eigenvalue weighted by molar-refractivity contribution is 6.24. The van der Waals surface area contributed by atoms with Crippen LogP contribution in [0.1, 0.15) is 0 Å². The van der Waals surface area contributed by atoms with Gasteiger partial charge < -0.3 is 0 Å². The third-order valence-electron chi connectivity index (χ3n) is 15.0. The summed E-state index contributed by atoms with van der Waals surface area (Å²) >= 11 is 0. The second-order valence-corrected chi connectivity index (χ2v) is 18.7. The highest BCUT2D eigenvalue weighted by Crippen LogP contribution is 2.59. The summed E-state index contributed by atoms with van der Waals surface area (Å²) in [7, 11) is 0. The fraction of sp³-hybridized carbons (Fsp3) is 0. The SMILES string of the molecule is c1ccc(-c2cc(-c3cnc4c(ccc5cc(-c6cc(-c7ccccc7)c7c(c6-c6ccccc6)-c6cccc8cccc-7c68)cnc54)c3)c(-c3ccccc3)c3c2-c2cccc4cccc-3c24)cc1. The summed E-state index contributed by atoms with van der Waals surface area (Å²) in [5.41, 5.74) is 26.1. The van der Waals surface area contributed by atoms with Crippen molar-refractivity contribution in [3.05, 3.63) is 243 Å². The Hall–Kier alpha value is -9.24. The van der Waals surface area contributed by atoms with Gasteiger partial charge in [0.2, 0.25) is 0 Å². The predicted octanol–water partition coefficient (Wildman–Crippen LogP) is 18.4. The molecule has 0 amide bonds. The molecule has 2 nitrogen and oxygen atoms in total. The largest absolute Gasteiger partial charge is 0.253 e. The number of pyridine rings is 2. The first-order chi connectivity index (χ1) is 34.7. The highest BCUT2D eigenvalue weighted by Gasteiger charge is 2.32. The third-order valence-corrected chi connectivity index (χ3v) is 15.0. The molecule has 13 aromatic rings. The van der Waals surface area contributed by atoms with Crippen LogP contribution in [0.15, 0.2) is 243 Å². The van der Waals surface area contributed by atoms with Gasteiger partial charge in [-0.1, -0.05) is 206 Å². The number of fused-ring (bicyclic) bond motifs is 9. The van der Waals surface area contributed by atoms with Crippen LogP contribution in [0.5, 0.6) is 0 Å². The molecule has 2 aromatic heterocycles. The summed E-state index contributed by atoms with van der Waals surface area (Å²) in [6.07, 6.45) is 4.14. The van der Waals surface area contributed by atoms with Gasteiger partial charge in [0.25, 0.3) is 0 Å². The number of benzene rings is 11. The molecule has 70 heavy (non-hydrogen) atoms. The van der Waals surface area contributed by atoms with Crippen LogP contribution in [0.3, 0.4) is 0 Å². The zero-order chi connectivity index (χ0) is 45.9. The van der Waals surface area contributed by atoms with Crippen LogP contribution in [0.4, 0.5) is 0 Å². The Morgan fingerprint density at radius 3 is 0.900 bits per heavy atom. The Kier molecular flexibility index (Phi) is 8.39. The molecule has 0 fully saturated rings. The van der Waals surface area contributed by atoms with E-state index < -0.39 is 0 Å². The molecule has 0 bridgehead atoms. The zero-order valence-corrected chi connectivity index (χ0v) is 38.0. The van der Waals surface area contributed by atoms with E-state index in [0.717, 1.165) is 44.1 Å². The van der Waals surface area contributed by atoms with Gasteiger partial charge in [-0.3, -0.25) is 9.97 Å². The van der Waals surface area contributed by atoms with Gasteiger partial charge in [0.1, 0.15) is 0 Å². The van der Waals surface area contributed by atoms with Crippen LogP contribution < -0.4 is 0 Å². The van der Waals surface area contributed by atoms with Gasteiger partial charge in [-0.25, -0.2) is 0 Å². The minimum Gasteiger partial charge on any atom is -0.253 e. The van der Waals surface area contributed by atoms with Gasteiger partial charge in [-0.05, 0) is 146 Å². The summed E-state index contributed by atoms with van der Waals surface area (Å²) in [5, 5.41) is 7.25. The van der Waals surface area contributed by atoms with Crippen molar-refractivity contribution in [2.24, 2.45) is 0 Å². The summed E-state index contributed by atoms with van der Waals surface area (Å²) in [5.74, 6) is 0. The van der Waals surface area contributed by atoms with Gasteiger partial charge in [-0.15, -0.1) is 0 Å². The van der Waals surface area contributed by atoms with E-state index in [9.17, 15) is 0 Å². The van der Waals surface area contributed by atoms with E-state index in [4.69, 9.17) is 9.97 Å². The maximum absolute atomic E-state index is 5.35. The molecule has 0 radical (unpaired) electrons. The van der Waals surface area contributed by atoms with E-state index in [1.165, 1.54) is 111 Å². The Balaban J connectivity index is 0.941. The van der Waals surface area contributed by atoms with Crippen LogP contribution >= 0.6 is 0 Å². The Morgan fingerprint density at radius 2 is 0.529 bits per heavy atom. The zero-order valence-electron chi connectivity index (χ0n) is 38.0. The van der Waals surface area contributed by atoms with E-state index in [2.05, 4.69) is 243 Å². The van der Waals surface area contributed by atoms with Crippen molar-refractivity contribution in [1.82, 2.24) is 9.97 Å². The van der Waals surface area contributed by atoms with Crippen LogP contribution in [0.2, 0.25) is 0 Å². The minimum absolute atomic E-state index is 0.889. The van der Waals surface area contributed by atoms with E-state index >= 15 is 0 Å². The summed E-state index contributed by atoms with van der Waals surface area (Å²) < 4.78 is 0. The smallest absolute Gasteiger partial charge is 0.0965 e. The van der Waals surface area contributed by atoms with Gasteiger partial charge in [0.15, 0.2) is 0 Å². The lowest BCUT2D eigenvalue weighted by Crippen LogP contribution is -1.96. The molecule has 0 saturated carbocycles. The molecule has 15 rings (SSSR count). The average molecular weight is 885 g/mol. The molecule has 0 N–H and O–H groups in total. The second kappa shape index (κ2) is 15.1. The first-order valence-corrected chi connectivity index (χ1v) is 24.1. The minimum atomic E-state index is 0.889. The first kappa shape index (κ1) is 38.8. The third kappa shape index (κ3) is 5.68. The van der Waals surface area contributed by atoms with E-state index in [-0.39, 0.29) is 0 Å². The summed E-state index contributed by atoms with van der Waals surface area (Å²) in [6.45, 7) is 0. The monoisotopic (exact) mass is 884 g/mol. The lowest BCUT2D eigenvalue weighted by Gasteiger charge is -2.21. The number of hydrogen-bond acceptors (Lipinski definition) is 2. The molecule has 2 aliphatic rings. The Labute approximate surface area is 405 Å². The van der Waals surface area contributed by atoms with Gasteiger partial charge in [-0.2, -0.15) is 0 Å². The lowest BCUT2D eigenvalue weighted by molar-refractivity contribution is 1.37. The molecule has 0 unspecified atom stereocenters. The van der Waals surface area contributed by atoms with Crippen LogP contribution in [0.25, 0.3) is 155 Å². The molecular weight excluding hydrogens is 845 g/mol. The van der Waals surface area contributed by atoms with Crippen molar-refractivity contribution >= 4 is 43.4 Å². The molecule has 2 heteroatoms. The maximum atomic E-state index is 5.35. The highest BCUT2D eigenvalue weighted by atomic mass is 14.7. The topological polar surface area (TPSA) is 25.8 Å². The summed E-state index contributed by atoms with van der Waals surface area (Å²) in [6, 6.07) is 84.5. The molecule has 0 aliphatic heterocycles.